The van der Waals surface area contributed by atoms with Crippen LogP contribution in [0.3, 0.4) is 0 Å². The maximum absolute atomic E-state index is 11.9. The number of carbonyl (C=O) groups excluding carboxylic acids is 1. The number of rotatable bonds is 2. The second-order valence-electron chi connectivity index (χ2n) is 3.50. The molecule has 88 valence electrons. The third-order valence-electron chi connectivity index (χ3n) is 2.24. The molecular weight excluding hydrogens is 232 g/mol. The first-order chi connectivity index (χ1) is 8.83. The van der Waals surface area contributed by atoms with Crippen molar-refractivity contribution in [2.75, 3.05) is 5.32 Å². The van der Waals surface area contributed by atoms with E-state index in [0.29, 0.717) is 11.5 Å². The van der Waals surface area contributed by atoms with Crippen LogP contribution in [0.25, 0.3) is 5.78 Å². The van der Waals surface area contributed by atoms with Gasteiger partial charge in [0.25, 0.3) is 11.7 Å². The highest BCUT2D eigenvalue weighted by Gasteiger charge is 2.13. The molecule has 3 aromatic rings. The lowest BCUT2D eigenvalue weighted by Crippen LogP contribution is -2.13. The van der Waals surface area contributed by atoms with Crippen molar-refractivity contribution in [3.63, 3.8) is 0 Å². The van der Waals surface area contributed by atoms with Gasteiger partial charge in [-0.2, -0.15) is 4.98 Å². The molecular formula is C11H8N6O. The van der Waals surface area contributed by atoms with E-state index in [1.54, 1.807) is 43.0 Å². The summed E-state index contributed by atoms with van der Waals surface area (Å²) in [5.74, 6) is 0.0555. The van der Waals surface area contributed by atoms with E-state index in [0.717, 1.165) is 0 Å². The summed E-state index contributed by atoms with van der Waals surface area (Å²) in [6.45, 7) is 0. The standard InChI is InChI=1S/C11H8N6O/c18-10(14-8-3-1-4-12-7-8)9-15-11-13-5-2-6-17(11)16-9/h1-7H,(H,14,18). The van der Waals surface area contributed by atoms with Crippen molar-refractivity contribution >= 4 is 17.4 Å². The summed E-state index contributed by atoms with van der Waals surface area (Å²) < 4.78 is 1.44. The van der Waals surface area contributed by atoms with Crippen molar-refractivity contribution in [1.29, 1.82) is 0 Å². The second-order valence-corrected chi connectivity index (χ2v) is 3.50. The highest BCUT2D eigenvalue weighted by Crippen LogP contribution is 2.05. The number of fused-ring (bicyclic) bond motifs is 1. The number of nitrogens with zero attached hydrogens (tertiary/aromatic N) is 5. The molecule has 3 aromatic heterocycles. The summed E-state index contributed by atoms with van der Waals surface area (Å²) in [5.41, 5.74) is 0.592. The van der Waals surface area contributed by atoms with E-state index in [9.17, 15) is 4.79 Å². The van der Waals surface area contributed by atoms with E-state index in [-0.39, 0.29) is 5.82 Å². The van der Waals surface area contributed by atoms with Gasteiger partial charge in [-0.05, 0) is 18.2 Å². The predicted molar refractivity (Wildman–Crippen MR) is 63.0 cm³/mol. The van der Waals surface area contributed by atoms with Gasteiger partial charge in [-0.1, -0.05) is 0 Å². The van der Waals surface area contributed by atoms with Crippen LogP contribution in [-0.2, 0) is 0 Å². The molecule has 0 saturated heterocycles. The molecule has 0 fully saturated rings. The number of hydrogen-bond acceptors (Lipinski definition) is 5. The molecule has 0 spiro atoms. The fraction of sp³-hybridized carbons (Fsp3) is 0. The lowest BCUT2D eigenvalue weighted by atomic mass is 10.4. The lowest BCUT2D eigenvalue weighted by Gasteiger charge is -1.99. The molecule has 0 radical (unpaired) electrons. The minimum atomic E-state index is -0.395. The number of aromatic nitrogens is 5. The molecule has 3 rings (SSSR count). The van der Waals surface area contributed by atoms with Crippen molar-refractivity contribution in [3.05, 3.63) is 48.8 Å². The Morgan fingerprint density at radius 1 is 1.28 bits per heavy atom. The third kappa shape index (κ3) is 1.88. The highest BCUT2D eigenvalue weighted by molar-refractivity contribution is 6.01. The minimum Gasteiger partial charge on any atom is -0.318 e. The summed E-state index contributed by atoms with van der Waals surface area (Å²) in [5, 5.41) is 6.67. The van der Waals surface area contributed by atoms with Crippen molar-refractivity contribution in [2.45, 2.75) is 0 Å². The Hall–Kier alpha value is -2.83. The van der Waals surface area contributed by atoms with Gasteiger partial charge in [0, 0.05) is 18.6 Å². The predicted octanol–water partition coefficient (Wildman–Crippen LogP) is 0.772. The van der Waals surface area contributed by atoms with Crippen molar-refractivity contribution < 1.29 is 4.79 Å². The van der Waals surface area contributed by atoms with Crippen LogP contribution in [0.15, 0.2) is 43.0 Å². The Morgan fingerprint density at radius 2 is 2.22 bits per heavy atom. The van der Waals surface area contributed by atoms with Gasteiger partial charge in [-0.15, -0.1) is 5.10 Å². The molecule has 0 bridgehead atoms. The molecule has 18 heavy (non-hydrogen) atoms. The van der Waals surface area contributed by atoms with Gasteiger partial charge < -0.3 is 5.32 Å². The van der Waals surface area contributed by atoms with Crippen molar-refractivity contribution in [1.82, 2.24) is 24.6 Å². The fourth-order valence-corrected chi connectivity index (χ4v) is 1.45. The summed E-state index contributed by atoms with van der Waals surface area (Å²) in [6, 6.07) is 5.18. The molecule has 7 heteroatoms. The van der Waals surface area contributed by atoms with Gasteiger partial charge in [-0.25, -0.2) is 9.50 Å². The number of hydrogen-bond donors (Lipinski definition) is 1. The Morgan fingerprint density at radius 3 is 3.00 bits per heavy atom. The average Bonchev–Trinajstić information content (AvgIpc) is 2.84. The molecule has 7 nitrogen and oxygen atoms in total. The molecule has 1 amide bonds. The van der Waals surface area contributed by atoms with E-state index in [1.807, 2.05) is 0 Å². The molecule has 0 aliphatic carbocycles. The van der Waals surface area contributed by atoms with E-state index < -0.39 is 5.91 Å². The number of carbonyl (C=O) groups is 1. The number of nitrogens with one attached hydrogen (secondary N) is 1. The van der Waals surface area contributed by atoms with Crippen LogP contribution in [0, 0.1) is 0 Å². The van der Waals surface area contributed by atoms with E-state index in [1.165, 1.54) is 4.52 Å². The first kappa shape index (κ1) is 10.3. The molecule has 0 saturated carbocycles. The molecule has 0 aromatic carbocycles. The smallest absolute Gasteiger partial charge is 0.295 e. The van der Waals surface area contributed by atoms with E-state index >= 15 is 0 Å². The van der Waals surface area contributed by atoms with Gasteiger partial charge in [0.15, 0.2) is 0 Å². The van der Waals surface area contributed by atoms with Crippen molar-refractivity contribution in [3.8, 4) is 0 Å². The lowest BCUT2D eigenvalue weighted by molar-refractivity contribution is 0.101. The van der Waals surface area contributed by atoms with Crippen LogP contribution < -0.4 is 5.32 Å². The van der Waals surface area contributed by atoms with E-state index in [4.69, 9.17) is 0 Å². The Kier molecular flexibility index (Phi) is 2.41. The highest BCUT2D eigenvalue weighted by atomic mass is 16.2. The molecule has 1 N–H and O–H groups in total. The average molecular weight is 240 g/mol. The van der Waals surface area contributed by atoms with Gasteiger partial charge in [-0.3, -0.25) is 9.78 Å². The Balaban J connectivity index is 1.88. The molecule has 0 aliphatic rings. The van der Waals surface area contributed by atoms with Gasteiger partial charge in [0.2, 0.25) is 5.82 Å². The van der Waals surface area contributed by atoms with Crippen LogP contribution in [0.5, 0.6) is 0 Å². The summed E-state index contributed by atoms with van der Waals surface area (Å²) in [7, 11) is 0. The van der Waals surface area contributed by atoms with E-state index in [2.05, 4.69) is 25.4 Å². The fourth-order valence-electron chi connectivity index (χ4n) is 1.45. The maximum atomic E-state index is 11.9. The summed E-state index contributed by atoms with van der Waals surface area (Å²) in [4.78, 5) is 23.8. The number of anilines is 1. The van der Waals surface area contributed by atoms with Crippen LogP contribution >= 0.6 is 0 Å². The molecule has 0 unspecified atom stereocenters. The van der Waals surface area contributed by atoms with Gasteiger partial charge in [0.1, 0.15) is 0 Å². The molecule has 3 heterocycles. The SMILES string of the molecule is O=C(Nc1cccnc1)c1nc2ncccn2n1. The molecule has 0 atom stereocenters. The zero-order chi connectivity index (χ0) is 12.4. The second kappa shape index (κ2) is 4.21. The largest absolute Gasteiger partial charge is 0.318 e. The van der Waals surface area contributed by atoms with Crippen LogP contribution in [0.1, 0.15) is 10.6 Å². The Labute approximate surface area is 102 Å². The Bertz CT molecular complexity index is 660. The first-order valence-electron chi connectivity index (χ1n) is 5.22. The summed E-state index contributed by atoms with van der Waals surface area (Å²) >= 11 is 0. The van der Waals surface area contributed by atoms with Crippen LogP contribution in [0.4, 0.5) is 5.69 Å². The monoisotopic (exact) mass is 240 g/mol. The minimum absolute atomic E-state index is 0.0672. The first-order valence-corrected chi connectivity index (χ1v) is 5.22. The normalized spacial score (nSPS) is 10.4. The number of amides is 1. The third-order valence-corrected chi connectivity index (χ3v) is 2.24. The number of pyridine rings is 1. The van der Waals surface area contributed by atoms with Crippen LogP contribution in [0.2, 0.25) is 0 Å². The molecule has 0 aliphatic heterocycles. The quantitative estimate of drug-likeness (QED) is 0.715. The van der Waals surface area contributed by atoms with Gasteiger partial charge >= 0.3 is 0 Å². The van der Waals surface area contributed by atoms with Gasteiger partial charge in [0.05, 0.1) is 11.9 Å². The zero-order valence-electron chi connectivity index (χ0n) is 9.19. The maximum Gasteiger partial charge on any atom is 0.295 e. The van der Waals surface area contributed by atoms with Crippen molar-refractivity contribution in [2.24, 2.45) is 0 Å². The summed E-state index contributed by atoms with van der Waals surface area (Å²) in [6.07, 6.45) is 6.44. The van der Waals surface area contributed by atoms with Crippen LogP contribution in [-0.4, -0.2) is 30.5 Å². The zero-order valence-corrected chi connectivity index (χ0v) is 9.19. The topological polar surface area (TPSA) is 85.1 Å².